The molecule has 0 heterocycles. The highest BCUT2D eigenvalue weighted by atomic mass is 16.3. The number of carbonyl (C=O) groups excluding carboxylic acids is 1. The van der Waals surface area contributed by atoms with Crippen LogP contribution in [0.1, 0.15) is 32.6 Å². The number of nitrogens with two attached hydrogens (primary N) is 1. The third kappa shape index (κ3) is 3.27. The van der Waals surface area contributed by atoms with Crippen LogP contribution in [-0.4, -0.2) is 29.7 Å². The van der Waals surface area contributed by atoms with Crippen LogP contribution in [0.25, 0.3) is 0 Å². The van der Waals surface area contributed by atoms with Crippen LogP contribution in [0.2, 0.25) is 0 Å². The van der Waals surface area contributed by atoms with Gasteiger partial charge in [0.05, 0.1) is 0 Å². The predicted molar refractivity (Wildman–Crippen MR) is 54.6 cm³/mol. The van der Waals surface area contributed by atoms with Gasteiger partial charge in [0.1, 0.15) is 0 Å². The molecule has 0 aliphatic heterocycles. The Bertz CT molecular complexity index is 202. The van der Waals surface area contributed by atoms with Crippen LogP contribution in [0.3, 0.4) is 0 Å². The SMILES string of the molecule is CC(CO)CNC(=O)CC1(N)CCC1. The third-order valence-electron chi connectivity index (χ3n) is 2.82. The number of hydrogen-bond donors (Lipinski definition) is 3. The molecule has 1 fully saturated rings. The molecule has 0 aromatic heterocycles. The van der Waals surface area contributed by atoms with Crippen molar-refractivity contribution in [1.29, 1.82) is 0 Å². The van der Waals surface area contributed by atoms with Crippen LogP contribution in [0.4, 0.5) is 0 Å². The molecule has 14 heavy (non-hydrogen) atoms. The summed E-state index contributed by atoms with van der Waals surface area (Å²) < 4.78 is 0. The summed E-state index contributed by atoms with van der Waals surface area (Å²) in [4.78, 5) is 11.4. The van der Waals surface area contributed by atoms with E-state index in [0.717, 1.165) is 19.3 Å². The molecule has 4 N–H and O–H groups in total. The molecule has 0 spiro atoms. The van der Waals surface area contributed by atoms with E-state index < -0.39 is 0 Å². The zero-order chi connectivity index (χ0) is 10.6. The molecule has 1 amide bonds. The lowest BCUT2D eigenvalue weighted by Crippen LogP contribution is -2.50. The standard InChI is InChI=1S/C10H20N2O2/c1-8(7-13)6-12-9(14)5-10(11)3-2-4-10/h8,13H,2-7,11H2,1H3,(H,12,14). The van der Waals surface area contributed by atoms with Gasteiger partial charge < -0.3 is 16.2 Å². The van der Waals surface area contributed by atoms with E-state index in [1.165, 1.54) is 0 Å². The first-order valence-electron chi connectivity index (χ1n) is 5.22. The van der Waals surface area contributed by atoms with Gasteiger partial charge in [-0.25, -0.2) is 0 Å². The molecule has 1 saturated carbocycles. The lowest BCUT2D eigenvalue weighted by Gasteiger charge is -2.37. The van der Waals surface area contributed by atoms with Gasteiger partial charge in [-0.1, -0.05) is 6.92 Å². The molecule has 82 valence electrons. The van der Waals surface area contributed by atoms with Crippen LogP contribution >= 0.6 is 0 Å². The summed E-state index contributed by atoms with van der Waals surface area (Å²) in [5, 5.41) is 11.5. The smallest absolute Gasteiger partial charge is 0.221 e. The van der Waals surface area contributed by atoms with Gasteiger partial charge in [0.2, 0.25) is 5.91 Å². The van der Waals surface area contributed by atoms with Crippen molar-refractivity contribution in [2.75, 3.05) is 13.2 Å². The summed E-state index contributed by atoms with van der Waals surface area (Å²) in [5.41, 5.74) is 5.69. The Labute approximate surface area is 84.9 Å². The third-order valence-corrected chi connectivity index (χ3v) is 2.82. The van der Waals surface area contributed by atoms with Gasteiger partial charge in [-0.05, 0) is 25.2 Å². The van der Waals surface area contributed by atoms with Gasteiger partial charge in [0, 0.05) is 25.1 Å². The molecule has 0 bridgehead atoms. The van der Waals surface area contributed by atoms with Gasteiger partial charge in [0.15, 0.2) is 0 Å². The van der Waals surface area contributed by atoms with Crippen molar-refractivity contribution in [3.05, 3.63) is 0 Å². The summed E-state index contributed by atoms with van der Waals surface area (Å²) in [5.74, 6) is 0.126. The molecule has 0 saturated heterocycles. The summed E-state index contributed by atoms with van der Waals surface area (Å²) in [7, 11) is 0. The quantitative estimate of drug-likeness (QED) is 0.585. The van der Waals surface area contributed by atoms with Crippen molar-refractivity contribution >= 4 is 5.91 Å². The Balaban J connectivity index is 2.16. The molecule has 1 rings (SSSR count). The Morgan fingerprint density at radius 2 is 2.29 bits per heavy atom. The summed E-state index contributed by atoms with van der Waals surface area (Å²) in [6.07, 6.45) is 3.47. The minimum atomic E-state index is -0.244. The zero-order valence-corrected chi connectivity index (χ0v) is 8.75. The van der Waals surface area contributed by atoms with E-state index in [0.29, 0.717) is 13.0 Å². The number of rotatable bonds is 5. The van der Waals surface area contributed by atoms with Gasteiger partial charge in [0.25, 0.3) is 0 Å². The minimum absolute atomic E-state index is 0.00694. The zero-order valence-electron chi connectivity index (χ0n) is 8.75. The fourth-order valence-electron chi connectivity index (χ4n) is 1.54. The minimum Gasteiger partial charge on any atom is -0.396 e. The van der Waals surface area contributed by atoms with E-state index in [4.69, 9.17) is 10.8 Å². The molecule has 1 unspecified atom stereocenters. The van der Waals surface area contributed by atoms with Crippen LogP contribution in [0.15, 0.2) is 0 Å². The lowest BCUT2D eigenvalue weighted by atomic mass is 9.75. The number of amides is 1. The maximum atomic E-state index is 11.4. The van der Waals surface area contributed by atoms with Crippen molar-refractivity contribution < 1.29 is 9.90 Å². The Hall–Kier alpha value is -0.610. The average molecular weight is 200 g/mol. The van der Waals surface area contributed by atoms with Gasteiger partial charge in [-0.3, -0.25) is 4.79 Å². The molecule has 0 radical (unpaired) electrons. The Morgan fingerprint density at radius 1 is 1.64 bits per heavy atom. The first kappa shape index (κ1) is 11.5. The lowest BCUT2D eigenvalue weighted by molar-refractivity contribution is -0.123. The average Bonchev–Trinajstić information content (AvgIpc) is 2.11. The monoisotopic (exact) mass is 200 g/mol. The molecule has 1 aliphatic rings. The summed E-state index contributed by atoms with van der Waals surface area (Å²) in [6.45, 7) is 2.53. The molecule has 0 aromatic carbocycles. The highest BCUT2D eigenvalue weighted by Crippen LogP contribution is 2.31. The van der Waals surface area contributed by atoms with Crippen molar-refractivity contribution in [1.82, 2.24) is 5.32 Å². The topological polar surface area (TPSA) is 75.3 Å². The summed E-state index contributed by atoms with van der Waals surface area (Å²) >= 11 is 0. The van der Waals surface area contributed by atoms with Crippen molar-refractivity contribution in [2.45, 2.75) is 38.1 Å². The van der Waals surface area contributed by atoms with Crippen molar-refractivity contribution in [3.63, 3.8) is 0 Å². The number of nitrogens with one attached hydrogen (secondary N) is 1. The molecular weight excluding hydrogens is 180 g/mol. The second-order valence-electron chi connectivity index (χ2n) is 4.48. The first-order chi connectivity index (χ1) is 6.56. The first-order valence-corrected chi connectivity index (χ1v) is 5.22. The molecule has 4 heteroatoms. The number of aliphatic hydroxyl groups is 1. The van der Waals surface area contributed by atoms with Gasteiger partial charge >= 0.3 is 0 Å². The van der Waals surface area contributed by atoms with E-state index in [2.05, 4.69) is 5.32 Å². The number of carbonyl (C=O) groups is 1. The largest absolute Gasteiger partial charge is 0.396 e. The maximum Gasteiger partial charge on any atom is 0.221 e. The second kappa shape index (κ2) is 4.75. The van der Waals surface area contributed by atoms with E-state index in [1.54, 1.807) is 0 Å². The van der Waals surface area contributed by atoms with Gasteiger partial charge in [-0.15, -0.1) is 0 Å². The van der Waals surface area contributed by atoms with Crippen LogP contribution in [0.5, 0.6) is 0 Å². The normalized spacial score (nSPS) is 21.1. The van der Waals surface area contributed by atoms with E-state index >= 15 is 0 Å². The molecule has 0 aromatic rings. The Morgan fingerprint density at radius 3 is 2.71 bits per heavy atom. The van der Waals surface area contributed by atoms with E-state index in [9.17, 15) is 4.79 Å². The van der Waals surface area contributed by atoms with Gasteiger partial charge in [-0.2, -0.15) is 0 Å². The second-order valence-corrected chi connectivity index (χ2v) is 4.48. The van der Waals surface area contributed by atoms with Crippen LogP contribution < -0.4 is 11.1 Å². The summed E-state index contributed by atoms with van der Waals surface area (Å²) in [6, 6.07) is 0. The van der Waals surface area contributed by atoms with E-state index in [1.807, 2.05) is 6.92 Å². The van der Waals surface area contributed by atoms with Crippen molar-refractivity contribution in [3.8, 4) is 0 Å². The van der Waals surface area contributed by atoms with Crippen LogP contribution in [0, 0.1) is 5.92 Å². The van der Waals surface area contributed by atoms with E-state index in [-0.39, 0.29) is 24.0 Å². The number of hydrogen-bond acceptors (Lipinski definition) is 3. The van der Waals surface area contributed by atoms with Crippen LogP contribution in [-0.2, 0) is 4.79 Å². The molecule has 1 atom stereocenters. The Kier molecular flexibility index (Phi) is 3.89. The highest BCUT2D eigenvalue weighted by molar-refractivity contribution is 5.77. The highest BCUT2D eigenvalue weighted by Gasteiger charge is 2.34. The number of aliphatic hydroxyl groups excluding tert-OH is 1. The van der Waals surface area contributed by atoms with Crippen molar-refractivity contribution in [2.24, 2.45) is 11.7 Å². The maximum absolute atomic E-state index is 11.4. The predicted octanol–water partition coefficient (Wildman–Crippen LogP) is 0.00250. The fraction of sp³-hybridized carbons (Fsp3) is 0.900. The fourth-order valence-corrected chi connectivity index (χ4v) is 1.54. The molecule has 4 nitrogen and oxygen atoms in total. The molecular formula is C10H20N2O2. The molecule has 1 aliphatic carbocycles.